The molecule has 0 amide bonds. The highest BCUT2D eigenvalue weighted by atomic mass is 79.9. The van der Waals surface area contributed by atoms with E-state index in [9.17, 15) is 0 Å². The normalized spacial score (nSPS) is 10.1. The Morgan fingerprint density at radius 2 is 1.89 bits per heavy atom. The van der Waals surface area contributed by atoms with Gasteiger partial charge in [0.05, 0.1) is 5.69 Å². The van der Waals surface area contributed by atoms with Crippen LogP contribution in [-0.2, 0) is 0 Å². The monoisotopic (exact) mass is 321 g/mol. The molecule has 2 aromatic carbocycles. The molecule has 0 heterocycles. The van der Waals surface area contributed by atoms with Crippen molar-refractivity contribution in [3.05, 3.63) is 70.2 Å². The third-order valence-corrected chi connectivity index (χ3v) is 3.53. The van der Waals surface area contributed by atoms with Crippen LogP contribution in [0.15, 0.2) is 59.6 Å². The van der Waals surface area contributed by atoms with E-state index in [1.807, 2.05) is 36.4 Å². The molecule has 0 aliphatic rings. The van der Waals surface area contributed by atoms with Gasteiger partial charge < -0.3 is 5.32 Å². The van der Waals surface area contributed by atoms with E-state index in [2.05, 4.69) is 40.0 Å². The third-order valence-electron chi connectivity index (χ3n) is 2.60. The summed E-state index contributed by atoms with van der Waals surface area (Å²) < 4.78 is 0.993. The second kappa shape index (κ2) is 6.07. The fraction of sp³-hybridized carbons (Fsp3) is 0.0667. The fourth-order valence-corrected chi connectivity index (χ4v) is 2.17. The van der Waals surface area contributed by atoms with Gasteiger partial charge in [0.15, 0.2) is 0 Å². The largest absolute Gasteiger partial charge is 0.380 e. The molecular formula is C15H13BrClN. The highest BCUT2D eigenvalue weighted by Gasteiger charge is 2.02. The van der Waals surface area contributed by atoms with Crippen LogP contribution in [0.25, 0.3) is 5.57 Å². The molecule has 0 saturated heterocycles. The van der Waals surface area contributed by atoms with Crippen molar-refractivity contribution in [3.63, 3.8) is 0 Å². The second-order valence-corrected chi connectivity index (χ2v) is 5.24. The van der Waals surface area contributed by atoms with Crippen molar-refractivity contribution in [3.8, 4) is 0 Å². The first-order valence-electron chi connectivity index (χ1n) is 5.59. The van der Waals surface area contributed by atoms with Gasteiger partial charge in [0.1, 0.15) is 0 Å². The minimum absolute atomic E-state index is 0.683. The van der Waals surface area contributed by atoms with E-state index in [0.29, 0.717) is 11.6 Å². The van der Waals surface area contributed by atoms with Crippen LogP contribution in [0.3, 0.4) is 0 Å². The first-order valence-corrected chi connectivity index (χ1v) is 6.76. The molecule has 0 atom stereocenters. The zero-order valence-corrected chi connectivity index (χ0v) is 12.1. The van der Waals surface area contributed by atoms with Gasteiger partial charge in [-0.1, -0.05) is 48.5 Å². The molecule has 0 unspecified atom stereocenters. The van der Waals surface area contributed by atoms with E-state index in [-0.39, 0.29) is 0 Å². The predicted molar refractivity (Wildman–Crippen MR) is 83.1 cm³/mol. The van der Waals surface area contributed by atoms with Crippen LogP contribution >= 0.6 is 27.5 Å². The topological polar surface area (TPSA) is 12.0 Å². The minimum Gasteiger partial charge on any atom is -0.380 e. The Morgan fingerprint density at radius 1 is 1.17 bits per heavy atom. The van der Waals surface area contributed by atoms with Crippen LogP contribution in [0, 0.1) is 0 Å². The second-order valence-electron chi connectivity index (χ2n) is 3.95. The standard InChI is InChI=1S/C15H13BrClN/c1-11(12-5-3-2-4-6-12)10-18-15-9-13(17)7-8-14(15)16/h2-9,18H,1,10H2. The number of halogens is 2. The Kier molecular flexibility index (Phi) is 4.45. The quantitative estimate of drug-likeness (QED) is 0.813. The smallest absolute Gasteiger partial charge is 0.0502 e. The number of benzene rings is 2. The molecule has 0 aliphatic heterocycles. The Morgan fingerprint density at radius 3 is 2.61 bits per heavy atom. The van der Waals surface area contributed by atoms with Crippen LogP contribution in [0.1, 0.15) is 5.56 Å². The van der Waals surface area contributed by atoms with E-state index in [1.165, 1.54) is 0 Å². The van der Waals surface area contributed by atoms with Crippen molar-refractivity contribution < 1.29 is 0 Å². The third kappa shape index (κ3) is 3.37. The summed E-state index contributed by atoms with van der Waals surface area (Å²) in [6.45, 7) is 4.76. The lowest BCUT2D eigenvalue weighted by Gasteiger charge is -2.11. The maximum atomic E-state index is 5.97. The summed E-state index contributed by atoms with van der Waals surface area (Å²) in [6.07, 6.45) is 0. The highest BCUT2D eigenvalue weighted by molar-refractivity contribution is 9.10. The number of rotatable bonds is 4. The summed E-state index contributed by atoms with van der Waals surface area (Å²) in [6, 6.07) is 15.8. The van der Waals surface area contributed by atoms with Gasteiger partial charge >= 0.3 is 0 Å². The summed E-state index contributed by atoms with van der Waals surface area (Å²) in [4.78, 5) is 0. The van der Waals surface area contributed by atoms with Gasteiger partial charge in [-0.25, -0.2) is 0 Å². The molecule has 3 heteroatoms. The van der Waals surface area contributed by atoms with Crippen molar-refractivity contribution in [1.82, 2.24) is 0 Å². The summed E-state index contributed by atoms with van der Waals surface area (Å²) in [5, 5.41) is 4.04. The molecule has 0 saturated carbocycles. The Hall–Kier alpha value is -1.25. The zero-order valence-electron chi connectivity index (χ0n) is 9.79. The maximum Gasteiger partial charge on any atom is 0.0502 e. The number of hydrogen-bond acceptors (Lipinski definition) is 1. The molecule has 0 bridgehead atoms. The fourth-order valence-electron chi connectivity index (χ4n) is 1.61. The van der Waals surface area contributed by atoms with Crippen molar-refractivity contribution >= 4 is 38.8 Å². The molecular weight excluding hydrogens is 310 g/mol. The number of anilines is 1. The molecule has 0 radical (unpaired) electrons. The van der Waals surface area contributed by atoms with Gasteiger partial charge in [-0.15, -0.1) is 0 Å². The Bertz CT molecular complexity index is 552. The molecule has 18 heavy (non-hydrogen) atoms. The Labute approximate surface area is 121 Å². The number of nitrogens with one attached hydrogen (secondary N) is 1. The lowest BCUT2D eigenvalue weighted by atomic mass is 10.1. The van der Waals surface area contributed by atoms with Crippen LogP contribution in [0.2, 0.25) is 5.02 Å². The average Bonchev–Trinajstić information content (AvgIpc) is 2.40. The lowest BCUT2D eigenvalue weighted by molar-refractivity contribution is 1.33. The van der Waals surface area contributed by atoms with Crippen LogP contribution < -0.4 is 5.32 Å². The molecule has 0 fully saturated rings. The number of hydrogen-bond donors (Lipinski definition) is 1. The molecule has 0 aliphatic carbocycles. The van der Waals surface area contributed by atoms with Gasteiger partial charge in [-0.3, -0.25) is 0 Å². The first-order chi connectivity index (χ1) is 8.66. The SMILES string of the molecule is C=C(CNc1cc(Cl)ccc1Br)c1ccccc1. The van der Waals surface area contributed by atoms with Crippen LogP contribution in [0.4, 0.5) is 5.69 Å². The molecule has 0 spiro atoms. The van der Waals surface area contributed by atoms with E-state index in [0.717, 1.165) is 21.3 Å². The first kappa shape index (κ1) is 13.2. The average molecular weight is 323 g/mol. The van der Waals surface area contributed by atoms with Gasteiger partial charge in [0, 0.05) is 16.0 Å². The summed E-state index contributed by atoms with van der Waals surface area (Å²) in [5.74, 6) is 0. The van der Waals surface area contributed by atoms with E-state index >= 15 is 0 Å². The molecule has 92 valence electrons. The highest BCUT2D eigenvalue weighted by Crippen LogP contribution is 2.26. The van der Waals surface area contributed by atoms with Crippen molar-refractivity contribution in [2.24, 2.45) is 0 Å². The summed E-state index contributed by atoms with van der Waals surface area (Å²) >= 11 is 9.45. The molecule has 1 nitrogen and oxygen atoms in total. The van der Waals surface area contributed by atoms with Gasteiger partial charge in [-0.2, -0.15) is 0 Å². The van der Waals surface area contributed by atoms with Crippen molar-refractivity contribution in [2.45, 2.75) is 0 Å². The maximum absolute atomic E-state index is 5.97. The predicted octanol–water partition coefficient (Wildman–Crippen LogP) is 5.23. The van der Waals surface area contributed by atoms with E-state index in [4.69, 9.17) is 11.6 Å². The molecule has 0 aromatic heterocycles. The van der Waals surface area contributed by atoms with Gasteiger partial charge in [-0.05, 0) is 45.3 Å². The zero-order chi connectivity index (χ0) is 13.0. The van der Waals surface area contributed by atoms with E-state index < -0.39 is 0 Å². The van der Waals surface area contributed by atoms with Crippen molar-refractivity contribution in [2.75, 3.05) is 11.9 Å². The Balaban J connectivity index is 2.04. The van der Waals surface area contributed by atoms with Crippen LogP contribution in [0.5, 0.6) is 0 Å². The lowest BCUT2D eigenvalue weighted by Crippen LogP contribution is -2.03. The molecule has 2 rings (SSSR count). The van der Waals surface area contributed by atoms with Crippen LogP contribution in [-0.4, -0.2) is 6.54 Å². The molecule has 2 aromatic rings. The molecule has 1 N–H and O–H groups in total. The van der Waals surface area contributed by atoms with Gasteiger partial charge in [0.25, 0.3) is 0 Å². The summed E-state index contributed by atoms with van der Waals surface area (Å²) in [5.41, 5.74) is 3.16. The van der Waals surface area contributed by atoms with Crippen molar-refractivity contribution in [1.29, 1.82) is 0 Å². The van der Waals surface area contributed by atoms with Gasteiger partial charge in [0.2, 0.25) is 0 Å². The summed E-state index contributed by atoms with van der Waals surface area (Å²) in [7, 11) is 0. The van der Waals surface area contributed by atoms with E-state index in [1.54, 1.807) is 0 Å². The minimum atomic E-state index is 0.683.